The molecule has 0 aliphatic carbocycles. The Hall–Kier alpha value is -2.35. The van der Waals surface area contributed by atoms with Crippen LogP contribution >= 0.6 is 0 Å². The van der Waals surface area contributed by atoms with Crippen LogP contribution in [0, 0.1) is 0 Å². The molecule has 1 fully saturated rings. The normalized spacial score (nSPS) is 17.6. The van der Waals surface area contributed by atoms with E-state index in [1.807, 2.05) is 20.8 Å². The molecule has 0 spiro atoms. The molecule has 1 saturated heterocycles. The fraction of sp³-hybridized carbons (Fsp3) is 0.588. The largest absolute Gasteiger partial charge is 0.443 e. The second kappa shape index (κ2) is 7.26. The number of urea groups is 1. The van der Waals surface area contributed by atoms with Gasteiger partial charge in [-0.2, -0.15) is 5.10 Å². The molecular weight excluding hydrogens is 322 g/mol. The van der Waals surface area contributed by atoms with Gasteiger partial charge in [0.2, 0.25) is 5.89 Å². The monoisotopic (exact) mass is 347 g/mol. The van der Waals surface area contributed by atoms with E-state index in [1.165, 1.54) is 0 Å². The Morgan fingerprint density at radius 3 is 2.92 bits per heavy atom. The van der Waals surface area contributed by atoms with E-state index >= 15 is 0 Å². The van der Waals surface area contributed by atoms with Crippen LogP contribution < -0.4 is 10.6 Å². The van der Waals surface area contributed by atoms with Crippen LogP contribution in [0.15, 0.2) is 23.0 Å². The van der Waals surface area contributed by atoms with Crippen molar-refractivity contribution in [2.24, 2.45) is 0 Å². The van der Waals surface area contributed by atoms with Gasteiger partial charge in [-0.05, 0) is 12.8 Å². The summed E-state index contributed by atoms with van der Waals surface area (Å²) in [6.07, 6.45) is 7.47. The van der Waals surface area contributed by atoms with Crippen molar-refractivity contribution in [1.29, 1.82) is 0 Å². The molecule has 2 aromatic rings. The molecule has 2 N–H and O–H groups in total. The zero-order chi connectivity index (χ0) is 17.9. The Morgan fingerprint density at radius 1 is 1.40 bits per heavy atom. The topological polar surface area (TPSA) is 94.2 Å². The summed E-state index contributed by atoms with van der Waals surface area (Å²) in [5.41, 5.74) is 0.531. The second-order valence-electron chi connectivity index (χ2n) is 7.26. The summed E-state index contributed by atoms with van der Waals surface area (Å²) in [6, 6.07) is -0.327. The van der Waals surface area contributed by atoms with E-state index in [0.29, 0.717) is 18.1 Å². The Kier molecular flexibility index (Phi) is 5.08. The summed E-state index contributed by atoms with van der Waals surface area (Å²) in [5, 5.41) is 9.72. The van der Waals surface area contributed by atoms with Crippen molar-refractivity contribution in [3.05, 3.63) is 30.2 Å². The fourth-order valence-corrected chi connectivity index (χ4v) is 2.59. The van der Waals surface area contributed by atoms with E-state index in [0.717, 1.165) is 25.2 Å². The molecule has 8 heteroatoms. The highest BCUT2D eigenvalue weighted by molar-refractivity contribution is 5.88. The van der Waals surface area contributed by atoms with Crippen LogP contribution in [0.3, 0.4) is 0 Å². The summed E-state index contributed by atoms with van der Waals surface area (Å²) in [6.45, 7) is 7.89. The van der Waals surface area contributed by atoms with Gasteiger partial charge in [0, 0.05) is 18.2 Å². The van der Waals surface area contributed by atoms with Gasteiger partial charge in [-0.1, -0.05) is 20.8 Å². The van der Waals surface area contributed by atoms with E-state index in [4.69, 9.17) is 9.15 Å². The zero-order valence-corrected chi connectivity index (χ0v) is 14.9. The van der Waals surface area contributed by atoms with Crippen LogP contribution in [0.5, 0.6) is 0 Å². The van der Waals surface area contributed by atoms with Crippen molar-refractivity contribution in [1.82, 2.24) is 20.1 Å². The van der Waals surface area contributed by atoms with Crippen LogP contribution in [0.4, 0.5) is 10.5 Å². The molecular formula is C17H25N5O3. The first-order valence-corrected chi connectivity index (χ1v) is 8.54. The van der Waals surface area contributed by atoms with Crippen molar-refractivity contribution in [2.45, 2.75) is 58.2 Å². The number of carbonyl (C=O) groups excluding carboxylic acids is 1. The second-order valence-corrected chi connectivity index (χ2v) is 7.26. The van der Waals surface area contributed by atoms with Crippen molar-refractivity contribution >= 4 is 11.7 Å². The highest BCUT2D eigenvalue weighted by atomic mass is 16.5. The SMILES string of the molecule is CC(C)(C)c1cnc(CNC(=O)Nc2cnn(C[C@@H]3CCCO3)c2)o1. The van der Waals surface area contributed by atoms with Crippen LogP contribution in [0.2, 0.25) is 0 Å². The lowest BCUT2D eigenvalue weighted by Gasteiger charge is -2.13. The van der Waals surface area contributed by atoms with Gasteiger partial charge in [-0.15, -0.1) is 0 Å². The van der Waals surface area contributed by atoms with E-state index in [1.54, 1.807) is 23.3 Å². The lowest BCUT2D eigenvalue weighted by atomic mass is 9.94. The van der Waals surface area contributed by atoms with E-state index < -0.39 is 0 Å². The first-order valence-electron chi connectivity index (χ1n) is 8.54. The summed E-state index contributed by atoms with van der Waals surface area (Å²) < 4.78 is 13.0. The third-order valence-electron chi connectivity index (χ3n) is 4.00. The number of aromatic nitrogens is 3. The smallest absolute Gasteiger partial charge is 0.319 e. The molecule has 8 nitrogen and oxygen atoms in total. The van der Waals surface area contributed by atoms with Gasteiger partial charge < -0.3 is 19.8 Å². The number of nitrogens with one attached hydrogen (secondary N) is 2. The maximum absolute atomic E-state index is 12.0. The average Bonchev–Trinajstić information content (AvgIpc) is 3.26. The minimum absolute atomic E-state index is 0.106. The number of hydrogen-bond donors (Lipinski definition) is 2. The van der Waals surface area contributed by atoms with Crippen molar-refractivity contribution in [3.8, 4) is 0 Å². The molecule has 25 heavy (non-hydrogen) atoms. The molecule has 1 aliphatic rings. The van der Waals surface area contributed by atoms with Crippen LogP contribution in [0.25, 0.3) is 0 Å². The fourth-order valence-electron chi connectivity index (χ4n) is 2.59. The van der Waals surface area contributed by atoms with Crippen LogP contribution in [-0.2, 0) is 23.2 Å². The van der Waals surface area contributed by atoms with Crippen molar-refractivity contribution < 1.29 is 13.9 Å². The maximum atomic E-state index is 12.0. The third kappa shape index (κ3) is 4.82. The van der Waals surface area contributed by atoms with Gasteiger partial charge in [0.05, 0.1) is 37.3 Å². The summed E-state index contributed by atoms with van der Waals surface area (Å²) in [5.74, 6) is 1.27. The first-order chi connectivity index (χ1) is 11.9. The van der Waals surface area contributed by atoms with E-state index in [-0.39, 0.29) is 24.1 Å². The minimum Gasteiger partial charge on any atom is -0.443 e. The third-order valence-corrected chi connectivity index (χ3v) is 4.00. The molecule has 0 saturated carbocycles. The molecule has 0 unspecified atom stereocenters. The number of rotatable bonds is 5. The van der Waals surface area contributed by atoms with Gasteiger partial charge in [0.1, 0.15) is 5.76 Å². The molecule has 2 amide bonds. The number of oxazole rings is 1. The molecule has 2 aromatic heterocycles. The molecule has 3 heterocycles. The predicted molar refractivity (Wildman–Crippen MR) is 92.3 cm³/mol. The van der Waals surface area contributed by atoms with Gasteiger partial charge >= 0.3 is 6.03 Å². The van der Waals surface area contributed by atoms with Gasteiger partial charge in [0.15, 0.2) is 0 Å². The molecule has 1 aliphatic heterocycles. The van der Waals surface area contributed by atoms with E-state index in [2.05, 4.69) is 20.7 Å². The number of hydrogen-bond acceptors (Lipinski definition) is 5. The number of amides is 2. The number of anilines is 1. The minimum atomic E-state index is -0.327. The molecule has 0 aromatic carbocycles. The van der Waals surface area contributed by atoms with E-state index in [9.17, 15) is 4.79 Å². The Labute approximate surface area is 146 Å². The zero-order valence-electron chi connectivity index (χ0n) is 14.9. The molecule has 3 rings (SSSR count). The predicted octanol–water partition coefficient (Wildman–Crippen LogP) is 2.67. The first kappa shape index (κ1) is 17.5. The van der Waals surface area contributed by atoms with Gasteiger partial charge in [0.25, 0.3) is 0 Å². The molecule has 0 bridgehead atoms. The maximum Gasteiger partial charge on any atom is 0.319 e. The number of nitrogens with zero attached hydrogens (tertiary/aromatic N) is 3. The lowest BCUT2D eigenvalue weighted by molar-refractivity contribution is 0.0940. The summed E-state index contributed by atoms with van der Waals surface area (Å²) in [7, 11) is 0. The highest BCUT2D eigenvalue weighted by Gasteiger charge is 2.19. The standard InChI is InChI=1S/C17H25N5O3/c1-17(2,3)14-8-18-15(25-14)9-19-16(23)21-12-7-20-22(10-12)11-13-5-4-6-24-13/h7-8,10,13H,4-6,9,11H2,1-3H3,(H2,19,21,23)/t13-/m0/s1. The number of carbonyl (C=O) groups is 1. The van der Waals surface area contributed by atoms with Crippen molar-refractivity contribution in [2.75, 3.05) is 11.9 Å². The molecule has 0 radical (unpaired) electrons. The van der Waals surface area contributed by atoms with Crippen LogP contribution in [0.1, 0.15) is 45.3 Å². The van der Waals surface area contributed by atoms with Crippen molar-refractivity contribution in [3.63, 3.8) is 0 Å². The Bertz CT molecular complexity index is 710. The average molecular weight is 347 g/mol. The van der Waals surface area contributed by atoms with Crippen LogP contribution in [-0.4, -0.2) is 33.5 Å². The lowest BCUT2D eigenvalue weighted by Crippen LogP contribution is -2.28. The highest BCUT2D eigenvalue weighted by Crippen LogP contribution is 2.22. The van der Waals surface area contributed by atoms with Gasteiger partial charge in [-0.25, -0.2) is 9.78 Å². The summed E-state index contributed by atoms with van der Waals surface area (Å²) in [4.78, 5) is 16.2. The molecule has 1 atom stereocenters. The Balaban J connectivity index is 1.46. The Morgan fingerprint density at radius 2 is 2.24 bits per heavy atom. The van der Waals surface area contributed by atoms with Gasteiger partial charge in [-0.3, -0.25) is 4.68 Å². The number of ether oxygens (including phenoxy) is 1. The quantitative estimate of drug-likeness (QED) is 0.867. The molecule has 136 valence electrons. The summed E-state index contributed by atoms with van der Waals surface area (Å²) >= 11 is 0.